The summed E-state index contributed by atoms with van der Waals surface area (Å²) >= 11 is 1.38. The van der Waals surface area contributed by atoms with E-state index < -0.39 is 0 Å². The molecule has 0 spiro atoms. The molecular formula is C20H23N5O3S. The van der Waals surface area contributed by atoms with Gasteiger partial charge >= 0.3 is 0 Å². The molecule has 1 aliphatic rings. The molecule has 1 amide bonds. The number of rotatable bonds is 7. The first-order chi connectivity index (χ1) is 14.0. The van der Waals surface area contributed by atoms with E-state index in [1.54, 1.807) is 6.07 Å². The molecule has 152 valence electrons. The van der Waals surface area contributed by atoms with Crippen LogP contribution in [0.15, 0.2) is 28.6 Å². The summed E-state index contributed by atoms with van der Waals surface area (Å²) in [5.41, 5.74) is 3.69. The van der Waals surface area contributed by atoms with Crippen molar-refractivity contribution < 1.29 is 14.1 Å². The van der Waals surface area contributed by atoms with Crippen LogP contribution in [0.1, 0.15) is 54.8 Å². The number of ether oxygens (including phenoxy) is 1. The maximum atomic E-state index is 12.2. The lowest BCUT2D eigenvalue weighted by Gasteiger charge is -2.13. The zero-order chi connectivity index (χ0) is 20.4. The first-order valence-electron chi connectivity index (χ1n) is 9.52. The van der Waals surface area contributed by atoms with Crippen LogP contribution in [0.3, 0.4) is 0 Å². The van der Waals surface area contributed by atoms with E-state index in [1.165, 1.54) is 11.5 Å². The highest BCUT2D eigenvalue weighted by Crippen LogP contribution is 2.37. The fourth-order valence-corrected chi connectivity index (χ4v) is 4.23. The van der Waals surface area contributed by atoms with E-state index in [9.17, 15) is 4.79 Å². The summed E-state index contributed by atoms with van der Waals surface area (Å²) in [6.07, 6.45) is 3.05. The van der Waals surface area contributed by atoms with Crippen molar-refractivity contribution in [3.63, 3.8) is 0 Å². The van der Waals surface area contributed by atoms with Crippen LogP contribution in [0.5, 0.6) is 5.88 Å². The number of amides is 1. The summed E-state index contributed by atoms with van der Waals surface area (Å²) in [5.74, 6) is 1.83. The van der Waals surface area contributed by atoms with E-state index in [2.05, 4.69) is 31.6 Å². The highest BCUT2D eigenvalue weighted by molar-refractivity contribution is 7.04. The van der Waals surface area contributed by atoms with Crippen molar-refractivity contribution in [2.24, 2.45) is 0 Å². The Hall–Kier alpha value is -2.94. The van der Waals surface area contributed by atoms with Crippen LogP contribution in [0.25, 0.3) is 5.57 Å². The minimum Gasteiger partial charge on any atom is -0.473 e. The first-order valence-corrected chi connectivity index (χ1v) is 10.4. The van der Waals surface area contributed by atoms with Crippen molar-refractivity contribution in [1.82, 2.24) is 19.7 Å². The Morgan fingerprint density at radius 1 is 1.45 bits per heavy atom. The Bertz CT molecular complexity index is 1020. The molecule has 3 aromatic heterocycles. The SMILES string of the molecule is C=C(C)c1csnc1O[C@H]1CC[C@@H](c2cc(NC(=O)Cc3cc(C)no3)n[nH]2)C1. The van der Waals surface area contributed by atoms with Gasteiger partial charge in [-0.05, 0) is 50.2 Å². The smallest absolute Gasteiger partial charge is 0.233 e. The van der Waals surface area contributed by atoms with Crippen molar-refractivity contribution in [2.45, 2.75) is 51.6 Å². The number of hydrogen-bond donors (Lipinski definition) is 2. The summed E-state index contributed by atoms with van der Waals surface area (Å²) in [5, 5.41) is 15.8. The lowest BCUT2D eigenvalue weighted by Crippen LogP contribution is -2.14. The Balaban J connectivity index is 1.32. The normalized spacial score (nSPS) is 18.7. The van der Waals surface area contributed by atoms with Gasteiger partial charge in [-0.3, -0.25) is 9.89 Å². The summed E-state index contributed by atoms with van der Waals surface area (Å²) in [4.78, 5) is 12.2. The lowest BCUT2D eigenvalue weighted by molar-refractivity contribution is -0.115. The predicted molar refractivity (Wildman–Crippen MR) is 110 cm³/mol. The van der Waals surface area contributed by atoms with E-state index in [1.807, 2.05) is 25.3 Å². The molecule has 4 rings (SSSR count). The molecule has 0 bridgehead atoms. The molecule has 3 heterocycles. The average molecular weight is 414 g/mol. The Kier molecular flexibility index (Phi) is 5.48. The Morgan fingerprint density at radius 2 is 2.31 bits per heavy atom. The van der Waals surface area contributed by atoms with E-state index in [4.69, 9.17) is 9.26 Å². The molecule has 29 heavy (non-hydrogen) atoms. The second-order valence-corrected chi connectivity index (χ2v) is 8.06. The summed E-state index contributed by atoms with van der Waals surface area (Å²) < 4.78 is 15.5. The van der Waals surface area contributed by atoms with Crippen LogP contribution < -0.4 is 10.1 Å². The van der Waals surface area contributed by atoms with E-state index in [0.29, 0.717) is 23.4 Å². The molecule has 0 unspecified atom stereocenters. The number of carbonyl (C=O) groups excluding carboxylic acids is 1. The van der Waals surface area contributed by atoms with Crippen LogP contribution in [0.4, 0.5) is 5.82 Å². The van der Waals surface area contributed by atoms with Crippen LogP contribution in [-0.2, 0) is 11.2 Å². The van der Waals surface area contributed by atoms with Crippen LogP contribution >= 0.6 is 11.5 Å². The molecule has 2 N–H and O–H groups in total. The lowest BCUT2D eigenvalue weighted by atomic mass is 10.0. The van der Waals surface area contributed by atoms with Gasteiger partial charge in [-0.1, -0.05) is 11.7 Å². The van der Waals surface area contributed by atoms with Gasteiger partial charge in [0.15, 0.2) is 5.82 Å². The van der Waals surface area contributed by atoms with Crippen LogP contribution in [-0.4, -0.2) is 31.7 Å². The van der Waals surface area contributed by atoms with E-state index in [0.717, 1.165) is 41.8 Å². The fourth-order valence-electron chi connectivity index (χ4n) is 3.54. The molecule has 3 aromatic rings. The maximum Gasteiger partial charge on any atom is 0.233 e. The van der Waals surface area contributed by atoms with Gasteiger partial charge in [0.25, 0.3) is 0 Å². The molecule has 1 fully saturated rings. The molecule has 9 heteroatoms. The molecule has 1 saturated carbocycles. The van der Waals surface area contributed by atoms with Gasteiger partial charge in [0.2, 0.25) is 11.8 Å². The summed E-state index contributed by atoms with van der Waals surface area (Å²) in [7, 11) is 0. The molecule has 2 atom stereocenters. The standard InChI is InChI=1S/C20H23N5O3S/c1-11(2)16-10-29-25-20(16)27-14-5-4-13(7-14)17-9-18(23-22-17)21-19(26)8-15-6-12(3)24-28-15/h6,9-10,13-14H,1,4-5,7-8H2,2-3H3,(H2,21,22,23,26)/t13-,14+/m1/s1. The van der Waals surface area contributed by atoms with Gasteiger partial charge in [-0.25, -0.2) is 0 Å². The number of allylic oxidation sites excluding steroid dienone is 1. The Morgan fingerprint density at radius 3 is 3.07 bits per heavy atom. The van der Waals surface area contributed by atoms with Gasteiger partial charge in [0, 0.05) is 29.1 Å². The highest BCUT2D eigenvalue weighted by atomic mass is 32.1. The van der Waals surface area contributed by atoms with Crippen molar-refractivity contribution in [3.05, 3.63) is 46.8 Å². The number of anilines is 1. The number of H-pyrrole nitrogens is 1. The topological polar surface area (TPSA) is 106 Å². The quantitative estimate of drug-likeness (QED) is 0.604. The number of aromatic nitrogens is 4. The van der Waals surface area contributed by atoms with Crippen molar-refractivity contribution in [2.75, 3.05) is 5.32 Å². The third-order valence-electron chi connectivity index (χ3n) is 4.98. The fraction of sp³-hybridized carbons (Fsp3) is 0.400. The third-order valence-corrected chi connectivity index (χ3v) is 5.59. The van der Waals surface area contributed by atoms with Crippen LogP contribution in [0.2, 0.25) is 0 Å². The molecule has 0 aromatic carbocycles. The number of aromatic amines is 1. The zero-order valence-electron chi connectivity index (χ0n) is 16.4. The maximum absolute atomic E-state index is 12.2. The summed E-state index contributed by atoms with van der Waals surface area (Å²) in [6, 6.07) is 3.63. The highest BCUT2D eigenvalue weighted by Gasteiger charge is 2.30. The number of nitrogens with zero attached hydrogens (tertiary/aromatic N) is 3. The van der Waals surface area contributed by atoms with E-state index in [-0.39, 0.29) is 18.4 Å². The van der Waals surface area contributed by atoms with Crippen molar-refractivity contribution >= 4 is 28.8 Å². The van der Waals surface area contributed by atoms with Gasteiger partial charge < -0.3 is 14.6 Å². The molecule has 8 nitrogen and oxygen atoms in total. The van der Waals surface area contributed by atoms with Gasteiger partial charge in [0.05, 0.1) is 17.7 Å². The predicted octanol–water partition coefficient (Wildman–Crippen LogP) is 4.09. The molecular weight excluding hydrogens is 390 g/mol. The first kappa shape index (κ1) is 19.4. The van der Waals surface area contributed by atoms with Crippen LogP contribution in [0, 0.1) is 6.92 Å². The minimum atomic E-state index is -0.192. The number of nitrogens with one attached hydrogen (secondary N) is 2. The van der Waals surface area contributed by atoms with Gasteiger partial charge in [0.1, 0.15) is 11.9 Å². The summed E-state index contributed by atoms with van der Waals surface area (Å²) in [6.45, 7) is 7.75. The minimum absolute atomic E-state index is 0.108. The second kappa shape index (κ2) is 8.20. The van der Waals surface area contributed by atoms with Gasteiger partial charge in [-0.15, -0.1) is 0 Å². The van der Waals surface area contributed by atoms with Crippen molar-refractivity contribution in [1.29, 1.82) is 0 Å². The number of hydrogen-bond acceptors (Lipinski definition) is 7. The third kappa shape index (κ3) is 4.56. The molecule has 0 aliphatic heterocycles. The van der Waals surface area contributed by atoms with Gasteiger partial charge in [-0.2, -0.15) is 9.47 Å². The number of aryl methyl sites for hydroxylation is 1. The largest absolute Gasteiger partial charge is 0.473 e. The monoisotopic (exact) mass is 413 g/mol. The Labute approximate surface area is 172 Å². The zero-order valence-corrected chi connectivity index (χ0v) is 17.2. The molecule has 0 radical (unpaired) electrons. The van der Waals surface area contributed by atoms with E-state index >= 15 is 0 Å². The molecule has 1 aliphatic carbocycles. The average Bonchev–Trinajstić information content (AvgIpc) is 3.43. The molecule has 0 saturated heterocycles. The number of carbonyl (C=O) groups is 1. The van der Waals surface area contributed by atoms with Crippen molar-refractivity contribution in [3.8, 4) is 5.88 Å². The second-order valence-electron chi connectivity index (χ2n) is 7.43.